The molecule has 9 heteroatoms. The van der Waals surface area contributed by atoms with E-state index in [1.807, 2.05) is 37.3 Å². The van der Waals surface area contributed by atoms with Gasteiger partial charge in [-0.15, -0.1) is 11.3 Å². The molecule has 2 heterocycles. The van der Waals surface area contributed by atoms with E-state index in [0.717, 1.165) is 5.56 Å². The Labute approximate surface area is 159 Å². The number of hydrogen-bond acceptors (Lipinski definition) is 8. The van der Waals surface area contributed by atoms with Crippen molar-refractivity contribution in [3.8, 4) is 22.7 Å². The zero-order valence-corrected chi connectivity index (χ0v) is 15.3. The van der Waals surface area contributed by atoms with Gasteiger partial charge in [0, 0.05) is 23.6 Å². The summed E-state index contributed by atoms with van der Waals surface area (Å²) in [5.74, 6) is -1.26. The fourth-order valence-corrected chi connectivity index (χ4v) is 2.83. The quantitative estimate of drug-likeness (QED) is 0.377. The van der Waals surface area contributed by atoms with Crippen LogP contribution in [0.5, 0.6) is 0 Å². The number of benzene rings is 1. The summed E-state index contributed by atoms with van der Waals surface area (Å²) in [5.41, 5.74) is 1.96. The van der Waals surface area contributed by atoms with Crippen molar-refractivity contribution in [3.63, 3.8) is 0 Å². The Morgan fingerprint density at radius 2 is 2.00 bits per heavy atom. The second-order valence-electron chi connectivity index (χ2n) is 5.27. The van der Waals surface area contributed by atoms with E-state index in [0.29, 0.717) is 23.8 Å². The van der Waals surface area contributed by atoms with Crippen LogP contribution < -0.4 is 5.32 Å². The maximum absolute atomic E-state index is 11.8. The van der Waals surface area contributed by atoms with E-state index < -0.39 is 11.9 Å². The first-order valence-corrected chi connectivity index (χ1v) is 9.09. The number of nitrogens with one attached hydrogen (secondary N) is 1. The number of rotatable bonds is 7. The summed E-state index contributed by atoms with van der Waals surface area (Å²) in [4.78, 5) is 27.7. The van der Waals surface area contributed by atoms with Crippen LogP contribution in [0.2, 0.25) is 0 Å². The van der Waals surface area contributed by atoms with Crippen LogP contribution in [-0.2, 0) is 19.1 Å². The molecular formula is C18H17N3O5S. The first-order chi connectivity index (χ1) is 13.2. The van der Waals surface area contributed by atoms with Crippen LogP contribution in [-0.4, -0.2) is 41.8 Å². The van der Waals surface area contributed by atoms with Gasteiger partial charge >= 0.3 is 11.9 Å². The largest absolute Gasteiger partial charge is 0.456 e. The number of ether oxygens (including phenoxy) is 2. The molecule has 0 aliphatic rings. The van der Waals surface area contributed by atoms with Crippen molar-refractivity contribution >= 4 is 28.3 Å². The second-order valence-corrected chi connectivity index (χ2v) is 6.13. The van der Waals surface area contributed by atoms with Crippen LogP contribution in [0.4, 0.5) is 5.13 Å². The van der Waals surface area contributed by atoms with Crippen molar-refractivity contribution in [2.24, 2.45) is 0 Å². The molecule has 0 saturated heterocycles. The summed E-state index contributed by atoms with van der Waals surface area (Å²) in [6.45, 7) is 2.60. The maximum Gasteiger partial charge on any atom is 0.397 e. The minimum absolute atomic E-state index is 0.0183. The van der Waals surface area contributed by atoms with Gasteiger partial charge in [-0.1, -0.05) is 35.5 Å². The summed E-state index contributed by atoms with van der Waals surface area (Å²) >= 11 is 1.17. The predicted octanol–water partition coefficient (Wildman–Crippen LogP) is 2.98. The molecule has 0 aliphatic heterocycles. The van der Waals surface area contributed by atoms with Crippen molar-refractivity contribution in [2.45, 2.75) is 6.92 Å². The summed E-state index contributed by atoms with van der Waals surface area (Å²) in [6.07, 6.45) is 0. The second kappa shape index (κ2) is 9.06. The fourth-order valence-electron chi connectivity index (χ4n) is 2.13. The monoisotopic (exact) mass is 387 g/mol. The van der Waals surface area contributed by atoms with Crippen molar-refractivity contribution in [1.82, 2.24) is 10.1 Å². The molecule has 2 aromatic heterocycles. The van der Waals surface area contributed by atoms with Gasteiger partial charge in [-0.25, -0.2) is 9.78 Å². The van der Waals surface area contributed by atoms with Gasteiger partial charge < -0.3 is 14.0 Å². The minimum Gasteiger partial charge on any atom is -0.456 e. The Bertz CT molecular complexity index is 907. The predicted molar refractivity (Wildman–Crippen MR) is 99.1 cm³/mol. The van der Waals surface area contributed by atoms with Gasteiger partial charge in [0.1, 0.15) is 18.0 Å². The van der Waals surface area contributed by atoms with Gasteiger partial charge in [0.2, 0.25) is 0 Å². The minimum atomic E-state index is -0.987. The zero-order valence-electron chi connectivity index (χ0n) is 14.5. The molecule has 0 fully saturated rings. The van der Waals surface area contributed by atoms with Gasteiger partial charge in [0.25, 0.3) is 0 Å². The van der Waals surface area contributed by atoms with Crippen LogP contribution in [0.1, 0.15) is 6.92 Å². The van der Waals surface area contributed by atoms with Gasteiger partial charge in [-0.2, -0.15) is 0 Å². The molecule has 140 valence electrons. The summed E-state index contributed by atoms with van der Waals surface area (Å²) in [7, 11) is 0. The topological polar surface area (TPSA) is 104 Å². The number of thiazole rings is 1. The molecule has 27 heavy (non-hydrogen) atoms. The highest BCUT2D eigenvalue weighted by Crippen LogP contribution is 2.28. The molecule has 1 amide bonds. The van der Waals surface area contributed by atoms with E-state index in [-0.39, 0.29) is 18.3 Å². The average molecular weight is 387 g/mol. The van der Waals surface area contributed by atoms with E-state index in [1.165, 1.54) is 11.3 Å². The Morgan fingerprint density at radius 1 is 1.19 bits per heavy atom. The molecule has 0 unspecified atom stereocenters. The third-order valence-electron chi connectivity index (χ3n) is 3.41. The third-order valence-corrected chi connectivity index (χ3v) is 4.16. The molecular weight excluding hydrogens is 370 g/mol. The van der Waals surface area contributed by atoms with Crippen molar-refractivity contribution in [2.75, 3.05) is 25.1 Å². The molecule has 3 aromatic rings. The van der Waals surface area contributed by atoms with E-state index in [2.05, 4.69) is 15.5 Å². The van der Waals surface area contributed by atoms with Crippen molar-refractivity contribution < 1.29 is 23.6 Å². The molecule has 8 nitrogen and oxygen atoms in total. The zero-order chi connectivity index (χ0) is 19.1. The number of anilines is 1. The Morgan fingerprint density at radius 3 is 2.78 bits per heavy atom. The molecule has 0 bridgehead atoms. The molecule has 0 radical (unpaired) electrons. The Hall–Kier alpha value is -3.04. The molecule has 0 saturated carbocycles. The lowest BCUT2D eigenvalue weighted by atomic mass is 10.1. The molecule has 0 atom stereocenters. The molecule has 1 aromatic carbocycles. The number of hydrogen-bond donors (Lipinski definition) is 1. The van der Waals surface area contributed by atoms with Crippen LogP contribution in [0, 0.1) is 0 Å². The van der Waals surface area contributed by atoms with Gasteiger partial charge in [0.05, 0.1) is 6.61 Å². The number of amides is 1. The average Bonchev–Trinajstić information content (AvgIpc) is 3.35. The normalized spacial score (nSPS) is 10.6. The van der Waals surface area contributed by atoms with Crippen molar-refractivity contribution in [1.29, 1.82) is 0 Å². The molecule has 1 N–H and O–H groups in total. The van der Waals surface area contributed by atoms with Crippen LogP contribution in [0.15, 0.2) is 46.3 Å². The van der Waals surface area contributed by atoms with E-state index >= 15 is 0 Å². The van der Waals surface area contributed by atoms with Gasteiger partial charge in [0.15, 0.2) is 10.9 Å². The first kappa shape index (κ1) is 18.7. The lowest BCUT2D eigenvalue weighted by molar-refractivity contribution is -0.153. The lowest BCUT2D eigenvalue weighted by Gasteiger charge is -2.04. The highest BCUT2D eigenvalue weighted by molar-refractivity contribution is 7.14. The van der Waals surface area contributed by atoms with Crippen LogP contribution in [0.25, 0.3) is 22.7 Å². The number of carbonyl (C=O) groups is 2. The Balaban J connectivity index is 1.59. The smallest absolute Gasteiger partial charge is 0.397 e. The standard InChI is InChI=1S/C18H17N3O5S/c1-2-24-8-9-25-17(23)16(22)20-18-19-14(11-27-18)13-10-15(26-21-13)12-6-4-3-5-7-12/h3-7,10-11H,2,8-9H2,1H3,(H,19,20,22). The summed E-state index contributed by atoms with van der Waals surface area (Å²) in [5, 5.41) is 8.38. The third kappa shape index (κ3) is 4.99. The number of aromatic nitrogens is 2. The van der Waals surface area contributed by atoms with E-state index in [1.54, 1.807) is 11.4 Å². The molecule has 3 rings (SSSR count). The Kier molecular flexibility index (Phi) is 6.29. The van der Waals surface area contributed by atoms with Crippen LogP contribution in [0.3, 0.4) is 0 Å². The van der Waals surface area contributed by atoms with E-state index in [4.69, 9.17) is 14.0 Å². The number of nitrogens with zero attached hydrogens (tertiary/aromatic N) is 2. The summed E-state index contributed by atoms with van der Waals surface area (Å²) < 4.78 is 15.2. The number of carbonyl (C=O) groups excluding carboxylic acids is 2. The summed E-state index contributed by atoms with van der Waals surface area (Å²) in [6, 6.07) is 11.3. The SMILES string of the molecule is CCOCCOC(=O)C(=O)Nc1nc(-c2cc(-c3ccccc3)on2)cs1. The highest BCUT2D eigenvalue weighted by Gasteiger charge is 2.18. The van der Waals surface area contributed by atoms with Gasteiger partial charge in [-0.3, -0.25) is 10.1 Å². The highest BCUT2D eigenvalue weighted by atomic mass is 32.1. The lowest BCUT2D eigenvalue weighted by Crippen LogP contribution is -2.26. The van der Waals surface area contributed by atoms with Crippen molar-refractivity contribution in [3.05, 3.63) is 41.8 Å². The molecule has 0 spiro atoms. The number of esters is 1. The molecule has 0 aliphatic carbocycles. The fraction of sp³-hybridized carbons (Fsp3) is 0.222. The van der Waals surface area contributed by atoms with Crippen LogP contribution >= 0.6 is 11.3 Å². The first-order valence-electron chi connectivity index (χ1n) is 8.21. The maximum atomic E-state index is 11.8. The van der Waals surface area contributed by atoms with E-state index in [9.17, 15) is 9.59 Å². The van der Waals surface area contributed by atoms with Gasteiger partial charge in [-0.05, 0) is 6.92 Å².